The van der Waals surface area contributed by atoms with Crippen LogP contribution in [0.25, 0.3) is 5.69 Å². The van der Waals surface area contributed by atoms with E-state index in [1.807, 2.05) is 35.0 Å². The van der Waals surface area contributed by atoms with Crippen LogP contribution >= 0.6 is 27.7 Å². The minimum atomic E-state index is 0.0808. The molecule has 3 rings (SSSR count). The Balaban J connectivity index is 1.59. The van der Waals surface area contributed by atoms with Crippen LogP contribution in [0.3, 0.4) is 0 Å². The summed E-state index contributed by atoms with van der Waals surface area (Å²) in [5, 5.41) is 3.80. The van der Waals surface area contributed by atoms with E-state index in [0.29, 0.717) is 11.7 Å². The number of carbonyl (C=O) groups excluding carboxylic acids is 1. The summed E-state index contributed by atoms with van der Waals surface area (Å²) in [6.07, 6.45) is 6.17. The first-order chi connectivity index (χ1) is 10.2. The van der Waals surface area contributed by atoms with Crippen LogP contribution in [0, 0.1) is 5.92 Å². The van der Waals surface area contributed by atoms with Crippen molar-refractivity contribution < 1.29 is 4.79 Å². The minimum Gasteiger partial charge on any atom is -0.355 e. The third-order valence-corrected chi connectivity index (χ3v) is 4.82. The summed E-state index contributed by atoms with van der Waals surface area (Å²) in [6.45, 7) is 0.820. The molecule has 0 aliphatic heterocycles. The Bertz CT molecular complexity index is 622. The van der Waals surface area contributed by atoms with Gasteiger partial charge < -0.3 is 5.32 Å². The molecular weight excluding hydrogens is 350 g/mol. The summed E-state index contributed by atoms with van der Waals surface area (Å²) >= 11 is 4.89. The fraction of sp³-hybridized carbons (Fsp3) is 0.333. The van der Waals surface area contributed by atoms with Crippen LogP contribution < -0.4 is 5.32 Å². The highest BCUT2D eigenvalue weighted by Gasteiger charge is 2.21. The zero-order chi connectivity index (χ0) is 14.7. The zero-order valence-electron chi connectivity index (χ0n) is 11.5. The minimum absolute atomic E-state index is 0.0808. The number of rotatable bonds is 6. The second-order valence-corrected chi connectivity index (χ2v) is 6.95. The Hall–Kier alpha value is -1.27. The lowest BCUT2D eigenvalue weighted by Gasteiger charge is -2.08. The normalized spacial score (nSPS) is 14.1. The van der Waals surface area contributed by atoms with E-state index in [9.17, 15) is 4.79 Å². The molecule has 1 fully saturated rings. The second-order valence-electron chi connectivity index (χ2n) is 5.09. The lowest BCUT2D eigenvalue weighted by molar-refractivity contribution is -0.118. The van der Waals surface area contributed by atoms with Crippen LogP contribution in [-0.4, -0.2) is 27.8 Å². The summed E-state index contributed by atoms with van der Waals surface area (Å²) in [5.74, 6) is 1.20. The molecular formula is C15H16BrN3OS. The maximum absolute atomic E-state index is 11.8. The van der Waals surface area contributed by atoms with Crippen LogP contribution in [0.2, 0.25) is 0 Å². The van der Waals surface area contributed by atoms with E-state index in [1.165, 1.54) is 24.6 Å². The number of imidazole rings is 1. The average Bonchev–Trinajstić information content (AvgIpc) is 3.20. The van der Waals surface area contributed by atoms with Gasteiger partial charge in [0, 0.05) is 29.1 Å². The van der Waals surface area contributed by atoms with Crippen molar-refractivity contribution in [1.82, 2.24) is 14.9 Å². The molecule has 0 atom stereocenters. The molecule has 1 aliphatic carbocycles. The summed E-state index contributed by atoms with van der Waals surface area (Å²) in [4.78, 5) is 16.1. The largest absolute Gasteiger partial charge is 0.355 e. The van der Waals surface area contributed by atoms with Gasteiger partial charge in [-0.2, -0.15) is 0 Å². The van der Waals surface area contributed by atoms with Crippen LogP contribution in [-0.2, 0) is 4.79 Å². The van der Waals surface area contributed by atoms with Crippen molar-refractivity contribution in [1.29, 1.82) is 0 Å². The van der Waals surface area contributed by atoms with E-state index in [2.05, 4.69) is 26.2 Å². The van der Waals surface area contributed by atoms with Gasteiger partial charge in [-0.25, -0.2) is 4.98 Å². The summed E-state index contributed by atoms with van der Waals surface area (Å²) in [7, 11) is 0. The Labute approximate surface area is 136 Å². The van der Waals surface area contributed by atoms with E-state index in [-0.39, 0.29) is 5.91 Å². The zero-order valence-corrected chi connectivity index (χ0v) is 13.9. The highest BCUT2D eigenvalue weighted by atomic mass is 79.9. The Kier molecular flexibility index (Phi) is 4.65. The third-order valence-electron chi connectivity index (χ3n) is 3.33. The second kappa shape index (κ2) is 6.66. The predicted molar refractivity (Wildman–Crippen MR) is 87.7 cm³/mol. The number of aromatic nitrogens is 2. The van der Waals surface area contributed by atoms with Gasteiger partial charge in [0.05, 0.1) is 5.75 Å². The molecule has 21 heavy (non-hydrogen) atoms. The third kappa shape index (κ3) is 4.11. The van der Waals surface area contributed by atoms with Crippen LogP contribution in [0.5, 0.6) is 0 Å². The molecule has 1 amide bonds. The number of benzene rings is 1. The molecule has 0 bridgehead atoms. The molecule has 4 nitrogen and oxygen atoms in total. The van der Waals surface area contributed by atoms with Crippen LogP contribution in [0.1, 0.15) is 12.8 Å². The van der Waals surface area contributed by atoms with Gasteiger partial charge in [-0.3, -0.25) is 9.36 Å². The molecule has 0 radical (unpaired) electrons. The van der Waals surface area contributed by atoms with Gasteiger partial charge in [-0.1, -0.05) is 27.7 Å². The van der Waals surface area contributed by atoms with E-state index in [4.69, 9.17) is 0 Å². The van der Waals surface area contributed by atoms with Gasteiger partial charge in [0.25, 0.3) is 0 Å². The van der Waals surface area contributed by atoms with Gasteiger partial charge in [0.1, 0.15) is 0 Å². The summed E-state index contributed by atoms with van der Waals surface area (Å²) in [5.41, 5.74) is 1.04. The lowest BCUT2D eigenvalue weighted by Crippen LogP contribution is -2.27. The standard InChI is InChI=1S/C15H16BrN3OS/c16-12-3-5-13(6-4-12)19-8-7-17-15(19)21-10-14(20)18-9-11-1-2-11/h3-8,11H,1-2,9-10H2,(H,18,20). The highest BCUT2D eigenvalue weighted by molar-refractivity contribution is 9.10. The van der Waals surface area contributed by atoms with Crippen molar-refractivity contribution in [3.8, 4) is 5.69 Å². The van der Waals surface area contributed by atoms with E-state index in [1.54, 1.807) is 6.20 Å². The van der Waals surface area contributed by atoms with Crippen molar-refractivity contribution >= 4 is 33.6 Å². The van der Waals surface area contributed by atoms with Gasteiger partial charge in [0.15, 0.2) is 5.16 Å². The molecule has 110 valence electrons. The van der Waals surface area contributed by atoms with Gasteiger partial charge >= 0.3 is 0 Å². The van der Waals surface area contributed by atoms with Crippen LogP contribution in [0.15, 0.2) is 46.3 Å². The summed E-state index contributed by atoms with van der Waals surface area (Å²) < 4.78 is 3.03. The first kappa shape index (κ1) is 14.7. The molecule has 0 spiro atoms. The number of nitrogens with one attached hydrogen (secondary N) is 1. The van der Waals surface area contributed by atoms with Gasteiger partial charge in [-0.05, 0) is 43.0 Å². The lowest BCUT2D eigenvalue weighted by atomic mass is 10.3. The number of carbonyl (C=O) groups is 1. The molecule has 0 saturated heterocycles. The molecule has 0 unspecified atom stereocenters. The van der Waals surface area contributed by atoms with E-state index in [0.717, 1.165) is 21.9 Å². The van der Waals surface area contributed by atoms with E-state index < -0.39 is 0 Å². The number of halogens is 1. The molecule has 1 N–H and O–H groups in total. The van der Waals surface area contributed by atoms with Crippen molar-refractivity contribution in [3.05, 3.63) is 41.1 Å². The quantitative estimate of drug-likeness (QED) is 0.799. The monoisotopic (exact) mass is 365 g/mol. The van der Waals surface area contributed by atoms with Crippen LogP contribution in [0.4, 0.5) is 0 Å². The Morgan fingerprint density at radius 3 is 2.86 bits per heavy atom. The fourth-order valence-electron chi connectivity index (χ4n) is 1.96. The van der Waals surface area contributed by atoms with Crippen molar-refractivity contribution in [2.24, 2.45) is 5.92 Å². The topological polar surface area (TPSA) is 46.9 Å². The molecule has 1 saturated carbocycles. The molecule has 6 heteroatoms. The van der Waals surface area contributed by atoms with Gasteiger partial charge in [0.2, 0.25) is 5.91 Å². The molecule has 2 aromatic rings. The number of nitrogens with zero attached hydrogens (tertiary/aromatic N) is 2. The SMILES string of the molecule is O=C(CSc1nccn1-c1ccc(Br)cc1)NCC1CC1. The smallest absolute Gasteiger partial charge is 0.230 e. The number of amides is 1. The van der Waals surface area contributed by atoms with E-state index >= 15 is 0 Å². The maximum Gasteiger partial charge on any atom is 0.230 e. The molecule has 1 aliphatic rings. The maximum atomic E-state index is 11.8. The Morgan fingerprint density at radius 1 is 1.38 bits per heavy atom. The Morgan fingerprint density at radius 2 is 2.14 bits per heavy atom. The molecule has 1 aromatic heterocycles. The number of hydrogen-bond donors (Lipinski definition) is 1. The first-order valence-corrected chi connectivity index (χ1v) is 8.69. The van der Waals surface area contributed by atoms with Crippen molar-refractivity contribution in [3.63, 3.8) is 0 Å². The van der Waals surface area contributed by atoms with Gasteiger partial charge in [-0.15, -0.1) is 0 Å². The number of thioether (sulfide) groups is 1. The van der Waals surface area contributed by atoms with Crippen molar-refractivity contribution in [2.75, 3.05) is 12.3 Å². The average molecular weight is 366 g/mol. The predicted octanol–water partition coefficient (Wildman–Crippen LogP) is 3.25. The van der Waals surface area contributed by atoms with Crippen molar-refractivity contribution in [2.45, 2.75) is 18.0 Å². The highest BCUT2D eigenvalue weighted by Crippen LogP contribution is 2.27. The number of hydrogen-bond acceptors (Lipinski definition) is 3. The molecule has 1 aromatic carbocycles. The summed E-state index contributed by atoms with van der Waals surface area (Å²) in [6, 6.07) is 8.02. The fourth-order valence-corrected chi connectivity index (χ4v) is 3.02. The first-order valence-electron chi connectivity index (χ1n) is 6.91. The molecule has 1 heterocycles.